The third-order valence-corrected chi connectivity index (χ3v) is 0.913. The van der Waals surface area contributed by atoms with E-state index in [1.807, 2.05) is 93.5 Å². The molecule has 0 saturated heterocycles. The zero-order valence-electron chi connectivity index (χ0n) is 19.0. The van der Waals surface area contributed by atoms with E-state index in [-0.39, 0.29) is 66.2 Å². The van der Waals surface area contributed by atoms with Gasteiger partial charge in [0, 0.05) is 0 Å². The fourth-order valence-corrected chi connectivity index (χ4v) is 0.511. The monoisotopic (exact) mass is 381 g/mol. The summed E-state index contributed by atoms with van der Waals surface area (Å²) in [5, 5.41) is 0. The van der Waals surface area contributed by atoms with Crippen LogP contribution in [-0.2, 0) is 0 Å². The van der Waals surface area contributed by atoms with Crippen LogP contribution in [0.15, 0.2) is 24.3 Å². The Labute approximate surface area is 208 Å². The molecule has 0 saturated carbocycles. The van der Waals surface area contributed by atoms with Gasteiger partial charge in [-0.25, -0.2) is 12.1 Å². The van der Waals surface area contributed by atoms with Crippen LogP contribution in [0.5, 0.6) is 0 Å². The van der Waals surface area contributed by atoms with E-state index in [0.29, 0.717) is 0 Å². The largest absolute Gasteiger partial charge is 1.00 e. The second kappa shape index (κ2) is 86.3. The van der Waals surface area contributed by atoms with Crippen LogP contribution < -0.4 is 51.4 Å². The molecule has 0 unspecified atom stereocenters. The van der Waals surface area contributed by atoms with Crippen molar-refractivity contribution in [3.63, 3.8) is 0 Å². The number of rotatable bonds is 1. The number of hydrogen-bond acceptors (Lipinski definition) is 0. The van der Waals surface area contributed by atoms with Gasteiger partial charge in [0.15, 0.2) is 0 Å². The molecule has 0 aliphatic heterocycles. The van der Waals surface area contributed by atoms with E-state index >= 15 is 0 Å². The van der Waals surface area contributed by atoms with Crippen molar-refractivity contribution in [2.75, 3.05) is 0 Å². The topological polar surface area (TPSA) is 0 Å². The molecule has 0 radical (unpaired) electrons. The zero-order valence-corrected chi connectivity index (χ0v) is 22.2. The van der Waals surface area contributed by atoms with Crippen LogP contribution in [0.25, 0.3) is 6.08 Å². The first-order valence-electron chi connectivity index (χ1n) is 9.18. The zero-order chi connectivity index (χ0) is 19.4. The Kier molecular flexibility index (Phi) is 194. The molecule has 25 heavy (non-hydrogen) atoms. The van der Waals surface area contributed by atoms with E-state index in [0.717, 1.165) is 11.5 Å². The molecule has 0 nitrogen and oxygen atoms in total. The Morgan fingerprint density at radius 3 is 1.16 bits per heavy atom. The Balaban J connectivity index is -0.0000000190. The first kappa shape index (κ1) is 56.2. The minimum Gasteiger partial charge on any atom is -0.344 e. The van der Waals surface area contributed by atoms with Crippen molar-refractivity contribution in [1.29, 1.82) is 0 Å². The van der Waals surface area contributed by atoms with Gasteiger partial charge in [-0.05, 0) is 5.92 Å². The molecular weight excluding hydrogens is 327 g/mol. The van der Waals surface area contributed by atoms with E-state index in [1.165, 1.54) is 6.08 Å². The van der Waals surface area contributed by atoms with Gasteiger partial charge >= 0.3 is 51.4 Å². The smallest absolute Gasteiger partial charge is 0.344 e. The quantitative estimate of drug-likeness (QED) is 0.363. The third-order valence-electron chi connectivity index (χ3n) is 0.913. The summed E-state index contributed by atoms with van der Waals surface area (Å²) < 4.78 is 0. The van der Waals surface area contributed by atoms with Crippen molar-refractivity contribution in [2.45, 2.75) is 105 Å². The second-order valence-corrected chi connectivity index (χ2v) is 3.22. The second-order valence-electron chi connectivity index (χ2n) is 3.22. The molecule has 1 heteroatoms. The normalized spacial score (nSPS) is 5.36. The number of hydrogen-bond donors (Lipinski definition) is 0. The molecular formula is C24H54K-. The van der Waals surface area contributed by atoms with Gasteiger partial charge in [0.2, 0.25) is 0 Å². The van der Waals surface area contributed by atoms with Crippen LogP contribution in [0.2, 0.25) is 0 Å². The molecule has 152 valence electrons. The Morgan fingerprint density at radius 1 is 0.760 bits per heavy atom. The molecule has 0 heterocycles. The maximum Gasteiger partial charge on any atom is 1.00 e. The van der Waals surface area contributed by atoms with Gasteiger partial charge < -0.3 is 18.2 Å². The maximum atomic E-state index is 5.19. The standard InChI is InChI=1S/C8H6.C4H10.5C2H6.2CH4.K/c1-2-8-6-4-3-5-7-8;1-4(2)3;5*1-2;;;/h1-6H;4H,1-3H3;5*1-2H3;2*1H4;/q-2;;;;;;;;;+1. The van der Waals surface area contributed by atoms with Gasteiger partial charge in [-0.1, -0.05) is 105 Å². The predicted molar refractivity (Wildman–Crippen MR) is 125 cm³/mol. The average molecular weight is 382 g/mol. The molecule has 0 bridgehead atoms. The summed E-state index contributed by atoms with van der Waals surface area (Å²) >= 11 is 0. The molecule has 0 fully saturated rings. The molecule has 1 aromatic rings. The van der Waals surface area contributed by atoms with Gasteiger partial charge in [-0.2, -0.15) is 12.1 Å². The number of benzene rings is 1. The molecule has 0 amide bonds. The Hall–Kier alpha value is 0.596. The summed E-state index contributed by atoms with van der Waals surface area (Å²) in [5.74, 6) is 0.833. The summed E-state index contributed by atoms with van der Waals surface area (Å²) in [4.78, 5) is 0. The van der Waals surface area contributed by atoms with Gasteiger partial charge in [0.1, 0.15) is 0 Å². The van der Waals surface area contributed by atoms with Crippen molar-refractivity contribution in [1.82, 2.24) is 0 Å². The van der Waals surface area contributed by atoms with Crippen molar-refractivity contribution in [3.8, 4) is 0 Å². The minimum absolute atomic E-state index is 0. The van der Waals surface area contributed by atoms with Gasteiger partial charge in [0.05, 0.1) is 0 Å². The van der Waals surface area contributed by atoms with Crippen LogP contribution in [0.3, 0.4) is 0 Å². The fourth-order valence-electron chi connectivity index (χ4n) is 0.511. The summed E-state index contributed by atoms with van der Waals surface area (Å²) in [6, 6.07) is 10.5. The van der Waals surface area contributed by atoms with E-state index in [2.05, 4.69) is 26.8 Å². The van der Waals surface area contributed by atoms with Crippen molar-refractivity contribution >= 4 is 6.08 Å². The summed E-state index contributed by atoms with van der Waals surface area (Å²) in [6.07, 6.45) is 1.53. The predicted octanol–water partition coefficient (Wildman–Crippen LogP) is 7.00. The van der Waals surface area contributed by atoms with Crippen LogP contribution in [0, 0.1) is 18.6 Å². The Morgan fingerprint density at radius 2 is 1.04 bits per heavy atom. The van der Waals surface area contributed by atoms with E-state index in [1.54, 1.807) is 0 Å². The van der Waals surface area contributed by atoms with E-state index < -0.39 is 0 Å². The molecule has 0 spiro atoms. The first-order valence-corrected chi connectivity index (χ1v) is 9.18. The van der Waals surface area contributed by atoms with Gasteiger partial charge in [0.25, 0.3) is 0 Å². The SMILES string of the molecule is C.C.CC.CC.CC.CC.CC.CC(C)C.[CH-]=Cc1[c-]cccc1.[K+]. The van der Waals surface area contributed by atoms with Crippen LogP contribution in [0.4, 0.5) is 0 Å². The van der Waals surface area contributed by atoms with Gasteiger partial charge in [-0.3, -0.25) is 0 Å². The average Bonchev–Trinajstić information content (AvgIpc) is 2.64. The van der Waals surface area contributed by atoms with Crippen LogP contribution >= 0.6 is 0 Å². The summed E-state index contributed by atoms with van der Waals surface area (Å²) in [5.41, 5.74) is 0.938. The summed E-state index contributed by atoms with van der Waals surface area (Å²) in [7, 11) is 0. The molecule has 0 aliphatic rings. The first-order chi connectivity index (χ1) is 10.7. The minimum atomic E-state index is 0. The van der Waals surface area contributed by atoms with E-state index in [9.17, 15) is 0 Å². The van der Waals surface area contributed by atoms with Crippen molar-refractivity contribution in [3.05, 3.63) is 42.5 Å². The molecule has 0 N–H and O–H groups in total. The third kappa shape index (κ3) is 112. The molecule has 1 rings (SSSR count). The van der Waals surface area contributed by atoms with Gasteiger partial charge in [-0.15, -0.1) is 6.07 Å². The summed E-state index contributed by atoms with van der Waals surface area (Å²) in [6.45, 7) is 31.7. The Bertz CT molecular complexity index is 200. The van der Waals surface area contributed by atoms with Crippen LogP contribution in [0.1, 0.15) is 110 Å². The molecule has 0 aromatic heterocycles. The fraction of sp³-hybridized carbons (Fsp3) is 0.667. The van der Waals surface area contributed by atoms with Crippen molar-refractivity contribution in [2.24, 2.45) is 5.92 Å². The maximum absolute atomic E-state index is 5.19. The molecule has 0 atom stereocenters. The van der Waals surface area contributed by atoms with Crippen LogP contribution in [-0.4, -0.2) is 0 Å². The molecule has 1 aromatic carbocycles. The van der Waals surface area contributed by atoms with E-state index in [4.69, 9.17) is 6.58 Å². The molecule has 0 aliphatic carbocycles. The van der Waals surface area contributed by atoms with Crippen molar-refractivity contribution < 1.29 is 51.4 Å².